The SMILES string of the molecule is CCC(CC)(NCC(=O)N1CCCC1)C(=O)O. The lowest BCUT2D eigenvalue weighted by Gasteiger charge is -2.28. The van der Waals surface area contributed by atoms with Crippen molar-refractivity contribution in [3.8, 4) is 0 Å². The summed E-state index contributed by atoms with van der Waals surface area (Å²) >= 11 is 0. The zero-order valence-corrected chi connectivity index (χ0v) is 10.7. The van der Waals surface area contributed by atoms with E-state index in [0.29, 0.717) is 12.8 Å². The maximum atomic E-state index is 11.8. The molecule has 5 heteroatoms. The van der Waals surface area contributed by atoms with E-state index in [0.717, 1.165) is 25.9 Å². The van der Waals surface area contributed by atoms with Gasteiger partial charge in [0.15, 0.2) is 0 Å². The Morgan fingerprint density at radius 1 is 1.24 bits per heavy atom. The molecule has 98 valence electrons. The van der Waals surface area contributed by atoms with Gasteiger partial charge in [0, 0.05) is 13.1 Å². The lowest BCUT2D eigenvalue weighted by Crippen LogP contribution is -2.54. The van der Waals surface area contributed by atoms with E-state index in [4.69, 9.17) is 0 Å². The third-order valence-corrected chi connectivity index (χ3v) is 3.65. The molecule has 1 heterocycles. The number of likely N-dealkylation sites (tertiary alicyclic amines) is 1. The largest absolute Gasteiger partial charge is 0.480 e. The molecule has 1 aliphatic heterocycles. The monoisotopic (exact) mass is 242 g/mol. The first-order valence-corrected chi connectivity index (χ1v) is 6.32. The average Bonchev–Trinajstić information content (AvgIpc) is 2.84. The predicted molar refractivity (Wildman–Crippen MR) is 64.8 cm³/mol. The Labute approximate surface area is 102 Å². The number of carboxylic acid groups (broad SMARTS) is 1. The van der Waals surface area contributed by atoms with Crippen LogP contribution in [-0.4, -0.2) is 47.1 Å². The van der Waals surface area contributed by atoms with Crippen LogP contribution in [0.2, 0.25) is 0 Å². The zero-order chi connectivity index (χ0) is 12.9. The summed E-state index contributed by atoms with van der Waals surface area (Å²) in [6.07, 6.45) is 3.06. The second-order valence-corrected chi connectivity index (χ2v) is 4.54. The number of aliphatic carboxylic acids is 1. The molecule has 0 spiro atoms. The van der Waals surface area contributed by atoms with Gasteiger partial charge in [-0.1, -0.05) is 13.8 Å². The molecule has 2 N–H and O–H groups in total. The fraction of sp³-hybridized carbons (Fsp3) is 0.833. The van der Waals surface area contributed by atoms with E-state index in [-0.39, 0.29) is 12.5 Å². The van der Waals surface area contributed by atoms with E-state index in [1.54, 1.807) is 4.90 Å². The van der Waals surface area contributed by atoms with Gasteiger partial charge < -0.3 is 10.0 Å². The van der Waals surface area contributed by atoms with Crippen molar-refractivity contribution in [3.63, 3.8) is 0 Å². The molecule has 1 fully saturated rings. The predicted octanol–water partition coefficient (Wildman–Crippen LogP) is 0.842. The van der Waals surface area contributed by atoms with Gasteiger partial charge in [-0.3, -0.25) is 14.9 Å². The molecule has 0 unspecified atom stereocenters. The van der Waals surface area contributed by atoms with E-state index in [1.165, 1.54) is 0 Å². The highest BCUT2D eigenvalue weighted by molar-refractivity contribution is 5.82. The van der Waals surface area contributed by atoms with E-state index in [9.17, 15) is 14.7 Å². The van der Waals surface area contributed by atoms with Gasteiger partial charge in [0.1, 0.15) is 5.54 Å². The van der Waals surface area contributed by atoms with Crippen molar-refractivity contribution in [3.05, 3.63) is 0 Å². The highest BCUT2D eigenvalue weighted by atomic mass is 16.4. The van der Waals surface area contributed by atoms with Crippen LogP contribution < -0.4 is 5.32 Å². The topological polar surface area (TPSA) is 69.6 Å². The van der Waals surface area contributed by atoms with Crippen molar-refractivity contribution in [1.29, 1.82) is 0 Å². The Kier molecular flexibility index (Phi) is 4.93. The highest BCUT2D eigenvalue weighted by Gasteiger charge is 2.35. The van der Waals surface area contributed by atoms with Gasteiger partial charge in [0.25, 0.3) is 0 Å². The third-order valence-electron chi connectivity index (χ3n) is 3.65. The van der Waals surface area contributed by atoms with Crippen molar-refractivity contribution >= 4 is 11.9 Å². The molecular weight excluding hydrogens is 220 g/mol. The Hall–Kier alpha value is -1.10. The summed E-state index contributed by atoms with van der Waals surface area (Å²) in [6, 6.07) is 0. The van der Waals surface area contributed by atoms with Gasteiger partial charge in [0.05, 0.1) is 6.54 Å². The van der Waals surface area contributed by atoms with Gasteiger partial charge in [-0.05, 0) is 25.7 Å². The van der Waals surface area contributed by atoms with E-state index >= 15 is 0 Å². The molecule has 0 atom stereocenters. The van der Waals surface area contributed by atoms with Gasteiger partial charge in [-0.15, -0.1) is 0 Å². The number of nitrogens with zero attached hydrogens (tertiary/aromatic N) is 1. The fourth-order valence-corrected chi connectivity index (χ4v) is 2.20. The molecule has 1 amide bonds. The Morgan fingerprint density at radius 2 is 1.76 bits per heavy atom. The van der Waals surface area contributed by atoms with E-state index in [2.05, 4.69) is 5.32 Å². The minimum absolute atomic E-state index is 0.00928. The van der Waals surface area contributed by atoms with Crippen molar-refractivity contribution in [2.24, 2.45) is 0 Å². The lowest BCUT2D eigenvalue weighted by atomic mass is 9.93. The molecule has 0 aliphatic carbocycles. The van der Waals surface area contributed by atoms with Crippen molar-refractivity contribution in [1.82, 2.24) is 10.2 Å². The van der Waals surface area contributed by atoms with Crippen LogP contribution in [0.3, 0.4) is 0 Å². The molecule has 1 aliphatic rings. The quantitative estimate of drug-likeness (QED) is 0.724. The molecule has 1 rings (SSSR count). The van der Waals surface area contributed by atoms with Crippen LogP contribution in [0.15, 0.2) is 0 Å². The molecule has 0 aromatic rings. The van der Waals surface area contributed by atoms with Crippen LogP contribution >= 0.6 is 0 Å². The van der Waals surface area contributed by atoms with Crippen molar-refractivity contribution in [2.75, 3.05) is 19.6 Å². The molecule has 17 heavy (non-hydrogen) atoms. The third kappa shape index (κ3) is 3.19. The number of rotatable bonds is 6. The van der Waals surface area contributed by atoms with E-state index < -0.39 is 11.5 Å². The van der Waals surface area contributed by atoms with Gasteiger partial charge >= 0.3 is 5.97 Å². The summed E-state index contributed by atoms with van der Waals surface area (Å²) in [5, 5.41) is 12.1. The Balaban J connectivity index is 2.51. The zero-order valence-electron chi connectivity index (χ0n) is 10.7. The maximum Gasteiger partial charge on any atom is 0.323 e. The molecular formula is C12H22N2O3. The number of hydrogen-bond donors (Lipinski definition) is 2. The van der Waals surface area contributed by atoms with Crippen LogP contribution in [0, 0.1) is 0 Å². The van der Waals surface area contributed by atoms with Gasteiger partial charge in [-0.25, -0.2) is 0 Å². The Morgan fingerprint density at radius 3 is 2.18 bits per heavy atom. The van der Waals surface area contributed by atoms with Gasteiger partial charge in [-0.2, -0.15) is 0 Å². The summed E-state index contributed by atoms with van der Waals surface area (Å²) in [4.78, 5) is 24.8. The number of carbonyl (C=O) groups is 2. The minimum atomic E-state index is -0.963. The summed E-state index contributed by atoms with van der Waals surface area (Å²) in [6.45, 7) is 5.38. The number of carbonyl (C=O) groups excluding carboxylic acids is 1. The molecule has 0 radical (unpaired) electrons. The molecule has 1 saturated heterocycles. The molecule has 0 saturated carbocycles. The van der Waals surface area contributed by atoms with Crippen LogP contribution in [0.5, 0.6) is 0 Å². The normalized spacial score (nSPS) is 16.2. The Bertz CT molecular complexity index is 281. The number of carboxylic acids is 1. The second kappa shape index (κ2) is 6.00. The van der Waals surface area contributed by atoms with Crippen LogP contribution in [-0.2, 0) is 9.59 Å². The maximum absolute atomic E-state index is 11.8. The standard InChI is InChI=1S/C12H22N2O3/c1-3-12(4-2,11(16)17)13-9-10(15)14-7-5-6-8-14/h13H,3-9H2,1-2H3,(H,16,17). The summed E-state index contributed by atoms with van der Waals surface area (Å²) < 4.78 is 0. The number of nitrogens with one attached hydrogen (secondary N) is 1. The van der Waals surface area contributed by atoms with Crippen molar-refractivity contribution in [2.45, 2.75) is 45.1 Å². The van der Waals surface area contributed by atoms with E-state index in [1.807, 2.05) is 13.8 Å². The van der Waals surface area contributed by atoms with Crippen LogP contribution in [0.1, 0.15) is 39.5 Å². The summed E-state index contributed by atoms with van der Waals surface area (Å²) in [5.74, 6) is -0.869. The van der Waals surface area contributed by atoms with Crippen LogP contribution in [0.25, 0.3) is 0 Å². The minimum Gasteiger partial charge on any atom is -0.480 e. The number of hydrogen-bond acceptors (Lipinski definition) is 3. The highest BCUT2D eigenvalue weighted by Crippen LogP contribution is 2.15. The average molecular weight is 242 g/mol. The number of amides is 1. The smallest absolute Gasteiger partial charge is 0.323 e. The molecule has 5 nitrogen and oxygen atoms in total. The molecule has 0 aromatic heterocycles. The fourth-order valence-electron chi connectivity index (χ4n) is 2.20. The van der Waals surface area contributed by atoms with Gasteiger partial charge in [0.2, 0.25) is 5.91 Å². The first kappa shape index (κ1) is 14.0. The first-order chi connectivity index (χ1) is 8.05. The second-order valence-electron chi connectivity index (χ2n) is 4.54. The van der Waals surface area contributed by atoms with Crippen LogP contribution in [0.4, 0.5) is 0 Å². The lowest BCUT2D eigenvalue weighted by molar-refractivity contribution is -0.145. The molecule has 0 bridgehead atoms. The summed E-state index contributed by atoms with van der Waals surface area (Å²) in [7, 11) is 0. The first-order valence-electron chi connectivity index (χ1n) is 6.32. The van der Waals surface area contributed by atoms with Crippen molar-refractivity contribution < 1.29 is 14.7 Å². The summed E-state index contributed by atoms with van der Waals surface area (Å²) in [5.41, 5.74) is -0.963. The molecule has 0 aromatic carbocycles.